The Morgan fingerprint density at radius 3 is 2.62 bits per heavy atom. The van der Waals surface area contributed by atoms with E-state index in [-0.39, 0.29) is 12.5 Å². The standard InChI is InChI=1S/C24H22N2O3/c1-2-25-21(27)15-29-24(28)22-18-10-6-7-11-20(18)26-23-17(12-13-19(22)23)14-16-8-4-3-5-9-16/h3-11,14H,2,12-13,15H2,1H3,(H,25,27)/b17-14+. The van der Waals surface area contributed by atoms with Crippen molar-refractivity contribution in [3.8, 4) is 0 Å². The summed E-state index contributed by atoms with van der Waals surface area (Å²) < 4.78 is 5.33. The molecule has 0 saturated heterocycles. The number of hydrogen-bond donors (Lipinski definition) is 1. The monoisotopic (exact) mass is 386 g/mol. The highest BCUT2D eigenvalue weighted by Crippen LogP contribution is 2.37. The van der Waals surface area contributed by atoms with Crippen LogP contribution in [0.4, 0.5) is 0 Å². The van der Waals surface area contributed by atoms with Crippen molar-refractivity contribution >= 4 is 34.4 Å². The van der Waals surface area contributed by atoms with Gasteiger partial charge in [0.1, 0.15) is 0 Å². The minimum atomic E-state index is -0.480. The predicted molar refractivity (Wildman–Crippen MR) is 113 cm³/mol. The average molecular weight is 386 g/mol. The van der Waals surface area contributed by atoms with Gasteiger partial charge in [-0.05, 0) is 48.6 Å². The molecular weight excluding hydrogens is 364 g/mol. The van der Waals surface area contributed by atoms with Gasteiger partial charge in [0.15, 0.2) is 6.61 Å². The van der Waals surface area contributed by atoms with Crippen LogP contribution in [0.1, 0.15) is 40.5 Å². The normalized spacial score (nSPS) is 14.0. The third-order valence-electron chi connectivity index (χ3n) is 4.99. The number of hydrogen-bond acceptors (Lipinski definition) is 4. The fourth-order valence-corrected chi connectivity index (χ4v) is 3.71. The molecular formula is C24H22N2O3. The molecule has 5 nitrogen and oxygen atoms in total. The van der Waals surface area contributed by atoms with Crippen LogP contribution in [0.2, 0.25) is 0 Å². The lowest BCUT2D eigenvalue weighted by molar-refractivity contribution is -0.124. The zero-order valence-corrected chi connectivity index (χ0v) is 16.3. The van der Waals surface area contributed by atoms with Crippen molar-refractivity contribution in [1.29, 1.82) is 0 Å². The first-order valence-electron chi connectivity index (χ1n) is 9.78. The van der Waals surface area contributed by atoms with Crippen LogP contribution in [-0.4, -0.2) is 30.0 Å². The number of nitrogens with one attached hydrogen (secondary N) is 1. The van der Waals surface area contributed by atoms with Gasteiger partial charge in [0.2, 0.25) is 0 Å². The number of ether oxygens (including phenoxy) is 1. The Morgan fingerprint density at radius 1 is 1.07 bits per heavy atom. The van der Waals surface area contributed by atoms with E-state index < -0.39 is 5.97 Å². The van der Waals surface area contributed by atoms with Crippen molar-refractivity contribution in [3.05, 3.63) is 77.0 Å². The van der Waals surface area contributed by atoms with E-state index in [2.05, 4.69) is 11.4 Å². The summed E-state index contributed by atoms with van der Waals surface area (Å²) in [5.41, 5.74) is 5.22. The molecule has 1 aliphatic rings. The second-order valence-corrected chi connectivity index (χ2v) is 6.94. The number of likely N-dealkylation sites (N-methyl/N-ethyl adjacent to an activating group) is 1. The molecule has 3 aromatic rings. The van der Waals surface area contributed by atoms with Gasteiger partial charge in [0.25, 0.3) is 5.91 Å². The number of para-hydroxylation sites is 1. The second-order valence-electron chi connectivity index (χ2n) is 6.94. The van der Waals surface area contributed by atoms with Crippen LogP contribution >= 0.6 is 0 Å². The number of esters is 1. The molecule has 29 heavy (non-hydrogen) atoms. The second kappa shape index (κ2) is 8.27. The molecule has 2 aromatic carbocycles. The highest BCUT2D eigenvalue weighted by Gasteiger charge is 2.27. The van der Waals surface area contributed by atoms with E-state index in [1.165, 1.54) is 0 Å². The van der Waals surface area contributed by atoms with Gasteiger partial charge in [-0.1, -0.05) is 48.5 Å². The molecule has 0 aliphatic heterocycles. The van der Waals surface area contributed by atoms with Gasteiger partial charge in [-0.15, -0.1) is 0 Å². The zero-order valence-electron chi connectivity index (χ0n) is 16.3. The average Bonchev–Trinajstić information content (AvgIpc) is 3.13. The SMILES string of the molecule is CCNC(=O)COC(=O)c1c2c(nc3ccccc13)/C(=C/c1ccccc1)CC2. The summed E-state index contributed by atoms with van der Waals surface area (Å²) in [7, 11) is 0. The number of amides is 1. The number of carbonyl (C=O) groups is 2. The van der Waals surface area contributed by atoms with Crippen LogP contribution < -0.4 is 5.32 Å². The molecule has 0 radical (unpaired) electrons. The molecule has 0 unspecified atom stereocenters. The molecule has 0 saturated carbocycles. The molecule has 1 aliphatic carbocycles. The zero-order chi connectivity index (χ0) is 20.2. The number of rotatable bonds is 5. The van der Waals surface area contributed by atoms with E-state index in [1.54, 1.807) is 0 Å². The maximum absolute atomic E-state index is 12.9. The lowest BCUT2D eigenvalue weighted by Crippen LogP contribution is -2.28. The van der Waals surface area contributed by atoms with Crippen LogP contribution in [-0.2, 0) is 16.0 Å². The van der Waals surface area contributed by atoms with E-state index in [0.29, 0.717) is 12.1 Å². The molecule has 1 N–H and O–H groups in total. The number of allylic oxidation sites excluding steroid dienone is 1. The molecule has 146 valence electrons. The smallest absolute Gasteiger partial charge is 0.339 e. The summed E-state index contributed by atoms with van der Waals surface area (Å²) in [5.74, 6) is -0.785. The molecule has 1 aromatic heterocycles. The Hall–Kier alpha value is -3.47. The van der Waals surface area contributed by atoms with Gasteiger partial charge in [-0.3, -0.25) is 4.79 Å². The third-order valence-corrected chi connectivity index (χ3v) is 4.99. The quantitative estimate of drug-likeness (QED) is 0.673. The molecule has 5 heteroatoms. The first-order chi connectivity index (χ1) is 14.2. The van der Waals surface area contributed by atoms with Crippen LogP contribution in [0.3, 0.4) is 0 Å². The fraction of sp³-hybridized carbons (Fsp3) is 0.208. The summed E-state index contributed by atoms with van der Waals surface area (Å²) >= 11 is 0. The first kappa shape index (κ1) is 18.9. The molecule has 1 amide bonds. The Morgan fingerprint density at radius 2 is 1.83 bits per heavy atom. The van der Waals surface area contributed by atoms with Crippen molar-refractivity contribution in [2.24, 2.45) is 0 Å². The van der Waals surface area contributed by atoms with E-state index in [0.717, 1.165) is 46.1 Å². The van der Waals surface area contributed by atoms with E-state index >= 15 is 0 Å². The largest absolute Gasteiger partial charge is 0.452 e. The maximum Gasteiger partial charge on any atom is 0.339 e. The van der Waals surface area contributed by atoms with Crippen LogP contribution in [0.5, 0.6) is 0 Å². The number of fused-ring (bicyclic) bond motifs is 2. The summed E-state index contributed by atoms with van der Waals surface area (Å²) in [6.45, 7) is 2.03. The van der Waals surface area contributed by atoms with Gasteiger partial charge in [0.05, 0.1) is 16.8 Å². The van der Waals surface area contributed by atoms with Crippen molar-refractivity contribution < 1.29 is 14.3 Å². The van der Waals surface area contributed by atoms with Crippen LogP contribution in [0.25, 0.3) is 22.6 Å². The number of pyridine rings is 1. The molecule has 0 spiro atoms. The number of aromatic nitrogens is 1. The van der Waals surface area contributed by atoms with E-state index in [4.69, 9.17) is 9.72 Å². The summed E-state index contributed by atoms with van der Waals surface area (Å²) in [6, 6.07) is 17.6. The molecule has 0 bridgehead atoms. The van der Waals surface area contributed by atoms with Crippen molar-refractivity contribution in [3.63, 3.8) is 0 Å². The van der Waals surface area contributed by atoms with Gasteiger partial charge < -0.3 is 10.1 Å². The summed E-state index contributed by atoms with van der Waals surface area (Å²) in [6.07, 6.45) is 3.65. The molecule has 1 heterocycles. The summed E-state index contributed by atoms with van der Waals surface area (Å²) in [4.78, 5) is 29.5. The highest BCUT2D eigenvalue weighted by molar-refractivity contribution is 6.07. The Kier molecular flexibility index (Phi) is 5.38. The first-order valence-corrected chi connectivity index (χ1v) is 9.78. The molecule has 0 atom stereocenters. The number of nitrogens with zero attached hydrogens (tertiary/aromatic N) is 1. The Balaban J connectivity index is 1.76. The highest BCUT2D eigenvalue weighted by atomic mass is 16.5. The van der Waals surface area contributed by atoms with Gasteiger partial charge in [-0.2, -0.15) is 0 Å². The van der Waals surface area contributed by atoms with E-state index in [9.17, 15) is 9.59 Å². The maximum atomic E-state index is 12.9. The Bertz CT molecular complexity index is 1100. The van der Waals surface area contributed by atoms with Crippen molar-refractivity contribution in [2.45, 2.75) is 19.8 Å². The fourth-order valence-electron chi connectivity index (χ4n) is 3.71. The van der Waals surface area contributed by atoms with Gasteiger partial charge in [-0.25, -0.2) is 9.78 Å². The Labute approximate surface area is 169 Å². The molecule has 4 rings (SSSR count). The topological polar surface area (TPSA) is 68.3 Å². The number of carbonyl (C=O) groups excluding carboxylic acids is 2. The minimum absolute atomic E-state index is 0.287. The minimum Gasteiger partial charge on any atom is -0.452 e. The van der Waals surface area contributed by atoms with Crippen LogP contribution in [0, 0.1) is 0 Å². The van der Waals surface area contributed by atoms with Gasteiger partial charge >= 0.3 is 5.97 Å². The third kappa shape index (κ3) is 3.90. The lowest BCUT2D eigenvalue weighted by Gasteiger charge is -2.12. The van der Waals surface area contributed by atoms with Crippen LogP contribution in [0.15, 0.2) is 54.6 Å². The van der Waals surface area contributed by atoms with E-state index in [1.807, 2.05) is 61.5 Å². The molecule has 0 fully saturated rings. The van der Waals surface area contributed by atoms with Crippen molar-refractivity contribution in [2.75, 3.05) is 13.2 Å². The van der Waals surface area contributed by atoms with Crippen molar-refractivity contribution in [1.82, 2.24) is 10.3 Å². The van der Waals surface area contributed by atoms with Gasteiger partial charge in [0, 0.05) is 11.9 Å². The summed E-state index contributed by atoms with van der Waals surface area (Å²) in [5, 5.41) is 3.40. The predicted octanol–water partition coefficient (Wildman–Crippen LogP) is 4.01. The lowest BCUT2D eigenvalue weighted by atomic mass is 10.0. The number of benzene rings is 2.